The van der Waals surface area contributed by atoms with E-state index in [1.807, 2.05) is 25.1 Å². The summed E-state index contributed by atoms with van der Waals surface area (Å²) < 4.78 is 7.77. The van der Waals surface area contributed by atoms with Gasteiger partial charge in [-0.2, -0.15) is 0 Å². The number of carbonyl (C=O) groups is 1. The van der Waals surface area contributed by atoms with Crippen LogP contribution in [0.15, 0.2) is 49.8 Å². The molecule has 0 saturated carbocycles. The van der Waals surface area contributed by atoms with Crippen LogP contribution in [0.5, 0.6) is 5.75 Å². The maximum atomic E-state index is 12.6. The van der Waals surface area contributed by atoms with Crippen LogP contribution in [0, 0.1) is 0 Å². The zero-order valence-corrected chi connectivity index (χ0v) is 15.4. The average molecular weight is 463 g/mol. The maximum Gasteiger partial charge on any atom is 0.195 e. The van der Waals surface area contributed by atoms with Crippen LogP contribution >= 0.6 is 47.8 Å². The molecule has 5 heteroatoms. The third-order valence-corrected chi connectivity index (χ3v) is 4.51. The molecule has 2 rings (SSSR count). The smallest absolute Gasteiger partial charge is 0.195 e. The highest BCUT2D eigenvalue weighted by Gasteiger charge is 2.16. The molecular formula is C15H11Br3O2. The number of rotatable bonds is 4. The van der Waals surface area contributed by atoms with Crippen molar-refractivity contribution in [2.24, 2.45) is 0 Å². The lowest BCUT2D eigenvalue weighted by Crippen LogP contribution is -2.04. The zero-order chi connectivity index (χ0) is 14.7. The number of halogens is 3. The second-order valence-corrected chi connectivity index (χ2v) is 6.65. The molecule has 2 nitrogen and oxygen atoms in total. The first kappa shape index (κ1) is 15.7. The van der Waals surface area contributed by atoms with Gasteiger partial charge in [0.2, 0.25) is 0 Å². The normalized spacial score (nSPS) is 10.4. The van der Waals surface area contributed by atoms with Crippen molar-refractivity contribution in [3.63, 3.8) is 0 Å². The Morgan fingerprint density at radius 3 is 2.40 bits per heavy atom. The summed E-state index contributed by atoms with van der Waals surface area (Å²) in [5, 5.41) is 0. The van der Waals surface area contributed by atoms with Gasteiger partial charge in [0.1, 0.15) is 5.75 Å². The predicted molar refractivity (Wildman–Crippen MR) is 90.6 cm³/mol. The van der Waals surface area contributed by atoms with E-state index in [1.165, 1.54) is 0 Å². The van der Waals surface area contributed by atoms with Gasteiger partial charge in [0.25, 0.3) is 0 Å². The van der Waals surface area contributed by atoms with Gasteiger partial charge in [-0.3, -0.25) is 4.79 Å². The van der Waals surface area contributed by atoms with Gasteiger partial charge in [-0.25, -0.2) is 0 Å². The van der Waals surface area contributed by atoms with Crippen LogP contribution in [0.3, 0.4) is 0 Å². The summed E-state index contributed by atoms with van der Waals surface area (Å²) in [5.74, 6) is 0.692. The van der Waals surface area contributed by atoms with Crippen LogP contribution in [-0.2, 0) is 0 Å². The quantitative estimate of drug-likeness (QED) is 0.552. The van der Waals surface area contributed by atoms with Gasteiger partial charge in [-0.15, -0.1) is 0 Å². The van der Waals surface area contributed by atoms with E-state index in [1.54, 1.807) is 18.2 Å². The van der Waals surface area contributed by atoms with E-state index in [2.05, 4.69) is 47.8 Å². The van der Waals surface area contributed by atoms with Crippen molar-refractivity contribution < 1.29 is 9.53 Å². The fourth-order valence-electron chi connectivity index (χ4n) is 1.75. The summed E-state index contributed by atoms with van der Waals surface area (Å²) in [6.07, 6.45) is 0. The molecule has 0 spiro atoms. The summed E-state index contributed by atoms with van der Waals surface area (Å²) in [6, 6.07) is 10.9. The lowest BCUT2D eigenvalue weighted by Gasteiger charge is -2.09. The van der Waals surface area contributed by atoms with Crippen LogP contribution in [0.25, 0.3) is 0 Å². The zero-order valence-electron chi connectivity index (χ0n) is 10.6. The van der Waals surface area contributed by atoms with Crippen LogP contribution in [-0.4, -0.2) is 12.4 Å². The molecule has 0 N–H and O–H groups in total. The second-order valence-electron chi connectivity index (χ2n) is 4.03. The lowest BCUT2D eigenvalue weighted by molar-refractivity contribution is 0.103. The monoisotopic (exact) mass is 460 g/mol. The second kappa shape index (κ2) is 6.87. The van der Waals surface area contributed by atoms with E-state index in [4.69, 9.17) is 4.74 Å². The fraction of sp³-hybridized carbons (Fsp3) is 0.133. The number of hydrogen-bond donors (Lipinski definition) is 0. The van der Waals surface area contributed by atoms with Crippen LogP contribution in [0.4, 0.5) is 0 Å². The van der Waals surface area contributed by atoms with Crippen molar-refractivity contribution in [1.29, 1.82) is 0 Å². The van der Waals surface area contributed by atoms with E-state index in [9.17, 15) is 4.79 Å². The molecule has 0 fully saturated rings. The van der Waals surface area contributed by atoms with Gasteiger partial charge in [-0.05, 0) is 59.3 Å². The Bertz CT molecular complexity index is 654. The van der Waals surface area contributed by atoms with Gasteiger partial charge < -0.3 is 4.74 Å². The molecule has 2 aromatic rings. The van der Waals surface area contributed by atoms with Crippen molar-refractivity contribution in [1.82, 2.24) is 0 Å². The molecule has 0 radical (unpaired) electrons. The minimum Gasteiger partial charge on any atom is -0.494 e. The topological polar surface area (TPSA) is 26.3 Å². The Morgan fingerprint density at radius 1 is 1.00 bits per heavy atom. The first-order valence-electron chi connectivity index (χ1n) is 5.95. The average Bonchev–Trinajstić information content (AvgIpc) is 2.41. The molecule has 0 bridgehead atoms. The molecule has 0 atom stereocenters. The highest BCUT2D eigenvalue weighted by atomic mass is 79.9. The van der Waals surface area contributed by atoms with Crippen molar-refractivity contribution in [3.05, 3.63) is 60.9 Å². The van der Waals surface area contributed by atoms with E-state index in [-0.39, 0.29) is 5.78 Å². The highest BCUT2D eigenvalue weighted by Crippen LogP contribution is 2.29. The molecular weight excluding hydrogens is 452 g/mol. The Labute approximate surface area is 142 Å². The van der Waals surface area contributed by atoms with Gasteiger partial charge in [0.15, 0.2) is 5.78 Å². The summed E-state index contributed by atoms with van der Waals surface area (Å²) in [7, 11) is 0. The number of benzene rings is 2. The molecule has 0 amide bonds. The number of hydrogen-bond acceptors (Lipinski definition) is 2. The van der Waals surface area contributed by atoms with Crippen LogP contribution < -0.4 is 4.74 Å². The number of carbonyl (C=O) groups excluding carboxylic acids is 1. The van der Waals surface area contributed by atoms with E-state index in [0.29, 0.717) is 17.7 Å². The van der Waals surface area contributed by atoms with E-state index in [0.717, 1.165) is 19.2 Å². The summed E-state index contributed by atoms with van der Waals surface area (Å²) in [6.45, 7) is 2.52. The van der Waals surface area contributed by atoms with E-state index < -0.39 is 0 Å². The minimum atomic E-state index is -0.0481. The molecule has 0 aliphatic carbocycles. The van der Waals surface area contributed by atoms with Crippen molar-refractivity contribution >= 4 is 53.6 Å². The minimum absolute atomic E-state index is 0.0481. The molecule has 0 aliphatic heterocycles. The number of ketones is 1. The van der Waals surface area contributed by atoms with Gasteiger partial charge in [-0.1, -0.05) is 31.9 Å². The Morgan fingerprint density at radius 2 is 1.75 bits per heavy atom. The number of ether oxygens (including phenoxy) is 1. The molecule has 0 aliphatic rings. The first-order chi connectivity index (χ1) is 9.52. The Balaban J connectivity index is 2.40. The molecule has 20 heavy (non-hydrogen) atoms. The Kier molecular flexibility index (Phi) is 5.41. The predicted octanol–water partition coefficient (Wildman–Crippen LogP) is 5.60. The summed E-state index contributed by atoms with van der Waals surface area (Å²) in [4.78, 5) is 12.6. The van der Waals surface area contributed by atoms with Gasteiger partial charge >= 0.3 is 0 Å². The van der Waals surface area contributed by atoms with Gasteiger partial charge in [0.05, 0.1) is 6.61 Å². The third-order valence-electron chi connectivity index (χ3n) is 2.67. The largest absolute Gasteiger partial charge is 0.494 e. The third kappa shape index (κ3) is 3.51. The van der Waals surface area contributed by atoms with Gasteiger partial charge in [0, 0.05) is 24.5 Å². The standard InChI is InChI=1S/C15H11Br3O2/c1-2-20-10-4-5-11(14(18)8-10)15(19)12-7-9(16)3-6-13(12)17/h3-8H,2H2,1H3. The molecule has 0 unspecified atom stereocenters. The molecule has 2 aromatic carbocycles. The SMILES string of the molecule is CCOc1ccc(C(=O)c2cc(Br)ccc2Br)c(Br)c1. The fourth-order valence-corrected chi connectivity index (χ4v) is 3.08. The first-order valence-corrected chi connectivity index (χ1v) is 8.33. The van der Waals surface area contributed by atoms with Crippen molar-refractivity contribution in [2.75, 3.05) is 6.61 Å². The molecule has 0 saturated heterocycles. The summed E-state index contributed by atoms with van der Waals surface area (Å²) >= 11 is 10.2. The van der Waals surface area contributed by atoms with E-state index >= 15 is 0 Å². The molecule has 0 heterocycles. The summed E-state index contributed by atoms with van der Waals surface area (Å²) in [5.41, 5.74) is 1.22. The highest BCUT2D eigenvalue weighted by molar-refractivity contribution is 9.11. The molecule has 0 aromatic heterocycles. The van der Waals surface area contributed by atoms with Crippen LogP contribution in [0.1, 0.15) is 22.8 Å². The Hall–Kier alpha value is -0.650. The maximum absolute atomic E-state index is 12.6. The molecule has 104 valence electrons. The lowest BCUT2D eigenvalue weighted by atomic mass is 10.0. The van der Waals surface area contributed by atoms with Crippen molar-refractivity contribution in [2.45, 2.75) is 6.92 Å². The van der Waals surface area contributed by atoms with Crippen molar-refractivity contribution in [3.8, 4) is 5.75 Å². The van der Waals surface area contributed by atoms with Crippen LogP contribution in [0.2, 0.25) is 0 Å².